The van der Waals surface area contributed by atoms with Crippen LogP contribution in [0.5, 0.6) is 0 Å². The highest BCUT2D eigenvalue weighted by atomic mass is 16.5. The summed E-state index contributed by atoms with van der Waals surface area (Å²) in [5, 5.41) is 8.74. The van der Waals surface area contributed by atoms with Crippen molar-refractivity contribution in [2.24, 2.45) is 11.8 Å². The minimum Gasteiger partial charge on any atom is -0.394 e. The van der Waals surface area contributed by atoms with E-state index in [1.165, 1.54) is 0 Å². The maximum atomic E-state index is 8.74. The van der Waals surface area contributed by atoms with Crippen LogP contribution in [0.4, 0.5) is 0 Å². The van der Waals surface area contributed by atoms with Gasteiger partial charge in [0.25, 0.3) is 0 Å². The molecule has 2 atom stereocenters. The van der Waals surface area contributed by atoms with Gasteiger partial charge in [-0.15, -0.1) is 0 Å². The van der Waals surface area contributed by atoms with Crippen molar-refractivity contribution >= 4 is 0 Å². The number of aliphatic hydroxyl groups excluding tert-OH is 1. The molecule has 0 unspecified atom stereocenters. The lowest BCUT2D eigenvalue weighted by atomic mass is 9.94. The number of aliphatic hydroxyl groups is 1. The summed E-state index contributed by atoms with van der Waals surface area (Å²) in [5.74, 6) is 1.36. The van der Waals surface area contributed by atoms with Crippen molar-refractivity contribution in [1.82, 2.24) is 0 Å². The average molecular weight is 144 g/mol. The van der Waals surface area contributed by atoms with Crippen LogP contribution in [0.15, 0.2) is 0 Å². The first-order valence-corrected chi connectivity index (χ1v) is 3.96. The molecular formula is C8H16O2. The van der Waals surface area contributed by atoms with E-state index in [1.807, 2.05) is 0 Å². The number of ether oxygens (including phenoxy) is 1. The predicted molar refractivity (Wildman–Crippen MR) is 39.8 cm³/mol. The summed E-state index contributed by atoms with van der Waals surface area (Å²) in [6.07, 6.45) is 1.15. The molecule has 0 amide bonds. The van der Waals surface area contributed by atoms with Gasteiger partial charge in [-0.3, -0.25) is 0 Å². The third kappa shape index (κ3) is 1.70. The standard InChI is InChI=1S/C8H16O2/c1-6(2)7-3-8(4-9)10-5-7/h6-9H,3-5H2,1-2H3/t7-,8-/m1/s1. The summed E-state index contributed by atoms with van der Waals surface area (Å²) in [4.78, 5) is 0. The Bertz CT molecular complexity index is 101. The van der Waals surface area contributed by atoms with E-state index in [0.717, 1.165) is 13.0 Å². The fourth-order valence-electron chi connectivity index (χ4n) is 1.33. The highest BCUT2D eigenvalue weighted by Crippen LogP contribution is 2.25. The normalized spacial score (nSPS) is 33.6. The van der Waals surface area contributed by atoms with Crippen LogP contribution in [0.3, 0.4) is 0 Å². The van der Waals surface area contributed by atoms with E-state index in [2.05, 4.69) is 13.8 Å². The molecule has 0 aromatic rings. The first kappa shape index (κ1) is 8.02. The molecule has 0 aliphatic carbocycles. The monoisotopic (exact) mass is 144 g/mol. The summed E-state index contributed by atoms with van der Waals surface area (Å²) < 4.78 is 5.33. The molecule has 1 aliphatic rings. The van der Waals surface area contributed by atoms with E-state index in [1.54, 1.807) is 0 Å². The molecule has 60 valence electrons. The van der Waals surface area contributed by atoms with Gasteiger partial charge in [0.2, 0.25) is 0 Å². The number of hydrogen-bond acceptors (Lipinski definition) is 2. The minimum absolute atomic E-state index is 0.118. The predicted octanol–water partition coefficient (Wildman–Crippen LogP) is 1.04. The van der Waals surface area contributed by atoms with E-state index in [0.29, 0.717) is 11.8 Å². The molecule has 0 radical (unpaired) electrons. The maximum absolute atomic E-state index is 8.74. The summed E-state index contributed by atoms with van der Waals surface area (Å²) in [7, 11) is 0. The van der Waals surface area contributed by atoms with Crippen molar-refractivity contribution in [3.63, 3.8) is 0 Å². The lowest BCUT2D eigenvalue weighted by Gasteiger charge is -2.10. The fourth-order valence-corrected chi connectivity index (χ4v) is 1.33. The van der Waals surface area contributed by atoms with Crippen molar-refractivity contribution in [3.8, 4) is 0 Å². The smallest absolute Gasteiger partial charge is 0.0809 e. The van der Waals surface area contributed by atoms with E-state index >= 15 is 0 Å². The van der Waals surface area contributed by atoms with Gasteiger partial charge in [-0.2, -0.15) is 0 Å². The maximum Gasteiger partial charge on any atom is 0.0809 e. The molecule has 1 heterocycles. The minimum atomic E-state index is 0.118. The largest absolute Gasteiger partial charge is 0.394 e. The topological polar surface area (TPSA) is 29.5 Å². The molecule has 0 bridgehead atoms. The first-order chi connectivity index (χ1) is 4.74. The first-order valence-electron chi connectivity index (χ1n) is 3.96. The van der Waals surface area contributed by atoms with Gasteiger partial charge >= 0.3 is 0 Å². The van der Waals surface area contributed by atoms with Crippen molar-refractivity contribution in [1.29, 1.82) is 0 Å². The summed E-state index contributed by atoms with van der Waals surface area (Å²) in [6, 6.07) is 0. The van der Waals surface area contributed by atoms with Crippen LogP contribution in [-0.4, -0.2) is 24.4 Å². The third-order valence-electron chi connectivity index (χ3n) is 2.26. The van der Waals surface area contributed by atoms with Crippen LogP contribution in [-0.2, 0) is 4.74 Å². The van der Waals surface area contributed by atoms with E-state index < -0.39 is 0 Å². The highest BCUT2D eigenvalue weighted by molar-refractivity contribution is 4.74. The Morgan fingerprint density at radius 3 is 2.60 bits per heavy atom. The van der Waals surface area contributed by atoms with Crippen LogP contribution < -0.4 is 0 Å². The second-order valence-corrected chi connectivity index (χ2v) is 3.38. The van der Waals surface area contributed by atoms with Gasteiger partial charge in [0.1, 0.15) is 0 Å². The van der Waals surface area contributed by atoms with Crippen molar-refractivity contribution in [2.75, 3.05) is 13.2 Å². The Balaban J connectivity index is 2.28. The Kier molecular flexibility index (Phi) is 2.69. The van der Waals surface area contributed by atoms with Gasteiger partial charge in [0, 0.05) is 0 Å². The molecule has 2 nitrogen and oxygen atoms in total. The van der Waals surface area contributed by atoms with Gasteiger partial charge < -0.3 is 9.84 Å². The number of rotatable bonds is 2. The molecule has 0 aromatic heterocycles. The van der Waals surface area contributed by atoms with Crippen LogP contribution in [0.1, 0.15) is 20.3 Å². The zero-order chi connectivity index (χ0) is 7.56. The zero-order valence-electron chi connectivity index (χ0n) is 6.71. The van der Waals surface area contributed by atoms with Gasteiger partial charge in [-0.05, 0) is 18.3 Å². The molecule has 1 N–H and O–H groups in total. The van der Waals surface area contributed by atoms with Crippen LogP contribution >= 0.6 is 0 Å². The molecule has 1 saturated heterocycles. The Morgan fingerprint density at radius 2 is 2.30 bits per heavy atom. The molecule has 1 aliphatic heterocycles. The number of hydrogen-bond donors (Lipinski definition) is 1. The second-order valence-electron chi connectivity index (χ2n) is 3.38. The molecule has 0 spiro atoms. The quantitative estimate of drug-likeness (QED) is 0.627. The van der Waals surface area contributed by atoms with Crippen molar-refractivity contribution in [3.05, 3.63) is 0 Å². The summed E-state index contributed by atoms with van der Waals surface area (Å²) in [6.45, 7) is 5.42. The van der Waals surface area contributed by atoms with Gasteiger partial charge in [-0.25, -0.2) is 0 Å². The Morgan fingerprint density at radius 1 is 1.60 bits per heavy atom. The van der Waals surface area contributed by atoms with E-state index in [4.69, 9.17) is 9.84 Å². The van der Waals surface area contributed by atoms with Gasteiger partial charge in [0.05, 0.1) is 19.3 Å². The Hall–Kier alpha value is -0.0800. The molecule has 0 aromatic carbocycles. The molecule has 10 heavy (non-hydrogen) atoms. The van der Waals surface area contributed by atoms with Crippen LogP contribution in [0.2, 0.25) is 0 Å². The lowest BCUT2D eigenvalue weighted by Crippen LogP contribution is -2.11. The van der Waals surface area contributed by atoms with Crippen molar-refractivity contribution in [2.45, 2.75) is 26.4 Å². The summed E-state index contributed by atoms with van der Waals surface area (Å²) >= 11 is 0. The fraction of sp³-hybridized carbons (Fsp3) is 1.00. The van der Waals surface area contributed by atoms with E-state index in [-0.39, 0.29) is 12.7 Å². The van der Waals surface area contributed by atoms with Crippen molar-refractivity contribution < 1.29 is 9.84 Å². The molecular weight excluding hydrogens is 128 g/mol. The average Bonchev–Trinajstić information content (AvgIpc) is 2.34. The summed E-state index contributed by atoms with van der Waals surface area (Å²) in [5.41, 5.74) is 0. The zero-order valence-corrected chi connectivity index (χ0v) is 6.71. The Labute approximate surface area is 62.2 Å². The molecule has 1 fully saturated rings. The molecule has 1 rings (SSSR count). The van der Waals surface area contributed by atoms with Gasteiger partial charge in [0.15, 0.2) is 0 Å². The van der Waals surface area contributed by atoms with Gasteiger partial charge in [-0.1, -0.05) is 13.8 Å². The molecule has 2 heteroatoms. The van der Waals surface area contributed by atoms with E-state index in [9.17, 15) is 0 Å². The highest BCUT2D eigenvalue weighted by Gasteiger charge is 2.26. The molecule has 0 saturated carbocycles. The van der Waals surface area contributed by atoms with Crippen LogP contribution in [0.25, 0.3) is 0 Å². The second kappa shape index (κ2) is 3.35. The SMILES string of the molecule is CC(C)[C@H]1CO[C@@H](CO)C1. The van der Waals surface area contributed by atoms with Crippen LogP contribution in [0, 0.1) is 11.8 Å². The third-order valence-corrected chi connectivity index (χ3v) is 2.26. The lowest BCUT2D eigenvalue weighted by molar-refractivity contribution is 0.0563.